The number of rotatable bonds is 6. The third-order valence-corrected chi connectivity index (χ3v) is 4.76. The van der Waals surface area contributed by atoms with Gasteiger partial charge >= 0.3 is 0 Å². The summed E-state index contributed by atoms with van der Waals surface area (Å²) in [6.45, 7) is 3.67. The van der Waals surface area contributed by atoms with Gasteiger partial charge in [-0.05, 0) is 30.7 Å². The molecule has 2 heterocycles. The molecule has 1 amide bonds. The van der Waals surface area contributed by atoms with Crippen LogP contribution in [-0.4, -0.2) is 30.3 Å². The molecular weight excluding hydrogens is 354 g/mol. The lowest BCUT2D eigenvalue weighted by atomic mass is 10.1. The minimum atomic E-state index is -0.128. The Labute approximate surface area is 154 Å². The van der Waals surface area contributed by atoms with Crippen molar-refractivity contribution in [2.45, 2.75) is 20.3 Å². The second-order valence-electron chi connectivity index (χ2n) is 5.66. The van der Waals surface area contributed by atoms with Crippen LogP contribution in [0.2, 0.25) is 0 Å². The number of hydrogen-bond donors (Lipinski definition) is 1. The molecule has 8 heteroatoms. The summed E-state index contributed by atoms with van der Waals surface area (Å²) in [5.41, 5.74) is 1.55. The smallest absolute Gasteiger partial charge is 0.228 e. The quantitative estimate of drug-likeness (QED) is 0.710. The van der Waals surface area contributed by atoms with Crippen molar-refractivity contribution in [1.29, 1.82) is 0 Å². The number of methoxy groups -OCH3 is 2. The van der Waals surface area contributed by atoms with Crippen LogP contribution in [0, 0.1) is 13.8 Å². The molecule has 2 aromatic heterocycles. The minimum absolute atomic E-state index is 0.128. The standard InChI is InChI=1S/C18H19N3O4S/c1-10-15(9-16(26-10)18-19-11(2)25-21-18)20-17(22)7-12-5-13(23-3)8-14(6-12)24-4/h5-6,8-9H,7H2,1-4H3,(H,20,22). The first-order chi connectivity index (χ1) is 12.5. The average molecular weight is 373 g/mol. The topological polar surface area (TPSA) is 86.5 Å². The number of anilines is 1. The zero-order chi connectivity index (χ0) is 18.7. The van der Waals surface area contributed by atoms with Gasteiger partial charge in [0.2, 0.25) is 17.6 Å². The van der Waals surface area contributed by atoms with Crippen molar-refractivity contribution in [3.05, 3.63) is 40.6 Å². The Morgan fingerprint density at radius 2 is 1.85 bits per heavy atom. The van der Waals surface area contributed by atoms with Gasteiger partial charge in [-0.25, -0.2) is 0 Å². The third kappa shape index (κ3) is 4.02. The van der Waals surface area contributed by atoms with E-state index >= 15 is 0 Å². The molecule has 3 aromatic rings. The highest BCUT2D eigenvalue weighted by atomic mass is 32.1. The molecule has 0 fully saturated rings. The van der Waals surface area contributed by atoms with Gasteiger partial charge in [-0.1, -0.05) is 5.16 Å². The highest BCUT2D eigenvalue weighted by Gasteiger charge is 2.14. The maximum absolute atomic E-state index is 12.4. The average Bonchev–Trinajstić information content (AvgIpc) is 3.20. The van der Waals surface area contributed by atoms with Crippen LogP contribution in [0.1, 0.15) is 16.3 Å². The Hall–Kier alpha value is -2.87. The normalized spacial score (nSPS) is 10.6. The highest BCUT2D eigenvalue weighted by Crippen LogP contribution is 2.33. The number of carbonyl (C=O) groups is 1. The lowest BCUT2D eigenvalue weighted by molar-refractivity contribution is -0.115. The number of nitrogens with one attached hydrogen (secondary N) is 1. The van der Waals surface area contributed by atoms with E-state index in [1.165, 1.54) is 11.3 Å². The summed E-state index contributed by atoms with van der Waals surface area (Å²) in [4.78, 5) is 18.5. The second-order valence-corrected chi connectivity index (χ2v) is 6.92. The van der Waals surface area contributed by atoms with E-state index in [4.69, 9.17) is 14.0 Å². The van der Waals surface area contributed by atoms with Crippen molar-refractivity contribution in [3.63, 3.8) is 0 Å². The zero-order valence-corrected chi connectivity index (χ0v) is 15.8. The van der Waals surface area contributed by atoms with Gasteiger partial charge in [0.05, 0.1) is 31.2 Å². The van der Waals surface area contributed by atoms with Crippen molar-refractivity contribution in [2.75, 3.05) is 19.5 Å². The van der Waals surface area contributed by atoms with Crippen LogP contribution < -0.4 is 14.8 Å². The number of aryl methyl sites for hydroxylation is 2. The molecule has 0 bridgehead atoms. The van der Waals surface area contributed by atoms with E-state index in [1.54, 1.807) is 27.2 Å². The van der Waals surface area contributed by atoms with Gasteiger partial charge in [0.25, 0.3) is 0 Å². The number of nitrogens with zero attached hydrogens (tertiary/aromatic N) is 2. The molecule has 0 saturated heterocycles. The van der Waals surface area contributed by atoms with Crippen LogP contribution in [0.25, 0.3) is 10.7 Å². The first-order valence-electron chi connectivity index (χ1n) is 7.91. The van der Waals surface area contributed by atoms with E-state index in [-0.39, 0.29) is 12.3 Å². The number of benzene rings is 1. The van der Waals surface area contributed by atoms with Crippen molar-refractivity contribution in [2.24, 2.45) is 0 Å². The van der Waals surface area contributed by atoms with Crippen molar-refractivity contribution < 1.29 is 18.8 Å². The fraction of sp³-hybridized carbons (Fsp3) is 0.278. The predicted molar refractivity (Wildman–Crippen MR) is 99.0 cm³/mol. The molecule has 0 unspecified atom stereocenters. The Morgan fingerprint density at radius 1 is 1.15 bits per heavy atom. The molecule has 1 N–H and O–H groups in total. The SMILES string of the molecule is COc1cc(CC(=O)Nc2cc(-c3noc(C)n3)sc2C)cc(OC)c1. The Kier molecular flexibility index (Phi) is 5.22. The number of carbonyl (C=O) groups excluding carboxylic acids is 1. The van der Waals surface area contributed by atoms with Crippen LogP contribution in [0.3, 0.4) is 0 Å². The highest BCUT2D eigenvalue weighted by molar-refractivity contribution is 7.16. The molecular formula is C18H19N3O4S. The molecule has 0 aliphatic carbocycles. The van der Waals surface area contributed by atoms with E-state index in [1.807, 2.05) is 25.1 Å². The van der Waals surface area contributed by atoms with Gasteiger partial charge in [0, 0.05) is 17.9 Å². The predicted octanol–water partition coefficient (Wildman–Crippen LogP) is 3.61. The molecule has 136 valence electrons. The summed E-state index contributed by atoms with van der Waals surface area (Å²) in [6, 6.07) is 7.25. The summed E-state index contributed by atoms with van der Waals surface area (Å²) in [5.74, 6) is 2.19. The lowest BCUT2D eigenvalue weighted by Gasteiger charge is -2.09. The molecule has 0 aliphatic rings. The van der Waals surface area contributed by atoms with Crippen molar-refractivity contribution >= 4 is 22.9 Å². The van der Waals surface area contributed by atoms with E-state index < -0.39 is 0 Å². The summed E-state index contributed by atoms with van der Waals surface area (Å²) < 4.78 is 15.5. The first-order valence-corrected chi connectivity index (χ1v) is 8.73. The molecule has 1 aromatic carbocycles. The summed E-state index contributed by atoms with van der Waals surface area (Å²) >= 11 is 1.50. The largest absolute Gasteiger partial charge is 0.497 e. The molecule has 7 nitrogen and oxygen atoms in total. The van der Waals surface area contributed by atoms with E-state index in [9.17, 15) is 4.79 Å². The maximum atomic E-state index is 12.4. The molecule has 0 spiro atoms. The fourth-order valence-corrected chi connectivity index (χ4v) is 3.36. The van der Waals surface area contributed by atoms with Gasteiger partial charge in [-0.15, -0.1) is 11.3 Å². The first kappa shape index (κ1) is 17.9. The van der Waals surface area contributed by atoms with Gasteiger partial charge in [-0.3, -0.25) is 4.79 Å². The lowest BCUT2D eigenvalue weighted by Crippen LogP contribution is -2.14. The number of aromatic nitrogens is 2. The number of hydrogen-bond acceptors (Lipinski definition) is 7. The number of ether oxygens (including phenoxy) is 2. The van der Waals surface area contributed by atoms with E-state index in [2.05, 4.69) is 15.5 Å². The molecule has 26 heavy (non-hydrogen) atoms. The number of amides is 1. The van der Waals surface area contributed by atoms with Crippen molar-refractivity contribution in [1.82, 2.24) is 10.1 Å². The molecule has 0 radical (unpaired) electrons. The minimum Gasteiger partial charge on any atom is -0.497 e. The molecule has 0 saturated carbocycles. The Bertz CT molecular complexity index is 910. The Balaban J connectivity index is 1.73. The van der Waals surface area contributed by atoms with Gasteiger partial charge in [-0.2, -0.15) is 4.98 Å². The van der Waals surface area contributed by atoms with Crippen LogP contribution in [0.15, 0.2) is 28.8 Å². The van der Waals surface area contributed by atoms with Crippen LogP contribution >= 0.6 is 11.3 Å². The van der Waals surface area contributed by atoms with Crippen molar-refractivity contribution in [3.8, 4) is 22.2 Å². The van der Waals surface area contributed by atoms with Crippen LogP contribution in [0.5, 0.6) is 11.5 Å². The fourth-order valence-electron chi connectivity index (χ4n) is 2.46. The summed E-state index contributed by atoms with van der Waals surface area (Å²) in [5, 5.41) is 6.84. The summed E-state index contributed by atoms with van der Waals surface area (Å²) in [6.07, 6.45) is 0.208. The van der Waals surface area contributed by atoms with Gasteiger partial charge in [0.1, 0.15) is 11.5 Å². The third-order valence-electron chi connectivity index (χ3n) is 3.72. The van der Waals surface area contributed by atoms with Gasteiger partial charge in [0.15, 0.2) is 0 Å². The van der Waals surface area contributed by atoms with E-state index in [0.29, 0.717) is 23.2 Å². The van der Waals surface area contributed by atoms with Crippen LogP contribution in [0.4, 0.5) is 5.69 Å². The van der Waals surface area contributed by atoms with Crippen LogP contribution in [-0.2, 0) is 11.2 Å². The monoisotopic (exact) mass is 373 g/mol. The van der Waals surface area contributed by atoms with E-state index in [0.717, 1.165) is 21.0 Å². The second kappa shape index (κ2) is 7.57. The summed E-state index contributed by atoms with van der Waals surface area (Å²) in [7, 11) is 3.16. The number of thiophene rings is 1. The molecule has 0 aliphatic heterocycles. The van der Waals surface area contributed by atoms with Gasteiger partial charge < -0.3 is 19.3 Å². The molecule has 0 atom stereocenters. The Morgan fingerprint density at radius 3 is 2.42 bits per heavy atom. The maximum Gasteiger partial charge on any atom is 0.228 e. The molecule has 3 rings (SSSR count). The zero-order valence-electron chi connectivity index (χ0n) is 15.0.